The van der Waals surface area contributed by atoms with E-state index < -0.39 is 0 Å². The van der Waals surface area contributed by atoms with Crippen molar-refractivity contribution in [2.24, 2.45) is 29.6 Å². The number of hydrogen-bond donors (Lipinski definition) is 0. The second kappa shape index (κ2) is 8.47. The molecule has 0 spiro atoms. The largest absolute Gasteiger partial charge is 0.497 e. The zero-order valence-electron chi connectivity index (χ0n) is 18.8. The second-order valence-electron chi connectivity index (χ2n) is 9.28. The molecule has 0 radical (unpaired) electrons. The normalized spacial score (nSPS) is 28.3. The van der Waals surface area contributed by atoms with Crippen molar-refractivity contribution in [2.45, 2.75) is 19.8 Å². The highest BCUT2D eigenvalue weighted by Crippen LogP contribution is 2.53. The van der Waals surface area contributed by atoms with Crippen LogP contribution in [0.5, 0.6) is 5.75 Å². The number of amides is 2. The monoisotopic (exact) mass is 441 g/mol. The lowest BCUT2D eigenvalue weighted by atomic mass is 9.75. The van der Waals surface area contributed by atoms with E-state index in [-0.39, 0.29) is 35.4 Å². The average Bonchev–Trinajstić information content (AvgIpc) is 3.52. The zero-order chi connectivity index (χ0) is 23.1. The number of nitrogens with zero attached hydrogens (tertiary/aromatic N) is 1. The van der Waals surface area contributed by atoms with Crippen LogP contribution in [0.4, 0.5) is 5.69 Å². The van der Waals surface area contributed by atoms with Crippen molar-refractivity contribution in [1.82, 2.24) is 0 Å². The quantitative estimate of drug-likeness (QED) is 0.276. The van der Waals surface area contributed by atoms with Crippen LogP contribution in [0.25, 0.3) is 6.08 Å². The molecule has 2 aliphatic carbocycles. The number of fused-ring (bicyclic) bond motifs is 1. The number of rotatable bonds is 6. The highest BCUT2D eigenvalue weighted by atomic mass is 16.5. The summed E-state index contributed by atoms with van der Waals surface area (Å²) in [7, 11) is 1.58. The van der Waals surface area contributed by atoms with Crippen LogP contribution in [0.1, 0.15) is 35.7 Å². The van der Waals surface area contributed by atoms with Gasteiger partial charge in [-0.2, -0.15) is 0 Å². The molecule has 3 aliphatic rings. The van der Waals surface area contributed by atoms with Crippen molar-refractivity contribution >= 4 is 29.4 Å². The lowest BCUT2D eigenvalue weighted by Crippen LogP contribution is -2.32. The van der Waals surface area contributed by atoms with E-state index >= 15 is 0 Å². The van der Waals surface area contributed by atoms with E-state index in [0.717, 1.165) is 12.0 Å². The molecule has 5 atom stereocenters. The minimum Gasteiger partial charge on any atom is -0.497 e. The van der Waals surface area contributed by atoms with E-state index in [4.69, 9.17) is 4.74 Å². The third-order valence-corrected chi connectivity index (χ3v) is 7.26. The minimum atomic E-state index is -0.248. The Balaban J connectivity index is 1.30. The highest BCUT2D eigenvalue weighted by Gasteiger charge is 2.55. The number of imide groups is 1. The summed E-state index contributed by atoms with van der Waals surface area (Å²) >= 11 is 0. The Morgan fingerprint density at radius 1 is 1.03 bits per heavy atom. The molecule has 2 aromatic carbocycles. The first-order valence-corrected chi connectivity index (χ1v) is 11.5. The first-order chi connectivity index (χ1) is 16.0. The summed E-state index contributed by atoms with van der Waals surface area (Å²) in [6.45, 7) is 2.22. The van der Waals surface area contributed by atoms with Crippen LogP contribution in [0.2, 0.25) is 0 Å². The van der Waals surface area contributed by atoms with Crippen LogP contribution in [0, 0.1) is 29.6 Å². The molecule has 1 heterocycles. The molecule has 1 aliphatic heterocycles. The van der Waals surface area contributed by atoms with Crippen LogP contribution < -0.4 is 9.64 Å². The van der Waals surface area contributed by atoms with Crippen LogP contribution in [0.15, 0.2) is 66.8 Å². The van der Waals surface area contributed by atoms with E-state index in [2.05, 4.69) is 19.1 Å². The molecule has 2 aromatic rings. The van der Waals surface area contributed by atoms with Gasteiger partial charge in [0.05, 0.1) is 24.6 Å². The first kappa shape index (κ1) is 21.4. The zero-order valence-corrected chi connectivity index (χ0v) is 18.8. The maximum atomic E-state index is 13.3. The maximum absolute atomic E-state index is 13.3. The third kappa shape index (κ3) is 3.92. The van der Waals surface area contributed by atoms with Crippen molar-refractivity contribution in [1.29, 1.82) is 0 Å². The van der Waals surface area contributed by atoms with Gasteiger partial charge in [-0.3, -0.25) is 19.3 Å². The molecule has 33 heavy (non-hydrogen) atoms. The Morgan fingerprint density at radius 3 is 2.36 bits per heavy atom. The van der Waals surface area contributed by atoms with Crippen molar-refractivity contribution in [3.8, 4) is 5.75 Å². The fourth-order valence-electron chi connectivity index (χ4n) is 5.24. The maximum Gasteiger partial charge on any atom is 0.238 e. The van der Waals surface area contributed by atoms with Crippen LogP contribution in [0.3, 0.4) is 0 Å². The standard InChI is InChI=1S/C28H27NO4/c1-17-16-24(17)22-4-3-5-23-26(22)28(32)29(27(23)31)20-11-6-18(7-12-20)8-15-25(30)19-9-13-21(33-2)14-10-19/h3-4,6-15,17,22-24,26H,5,16H2,1-2H3/b15-8+. The van der Waals surface area contributed by atoms with Gasteiger partial charge >= 0.3 is 0 Å². The molecule has 5 rings (SSSR count). The number of carbonyl (C=O) groups excluding carboxylic acids is 3. The Hall–Kier alpha value is -3.47. The molecule has 168 valence electrons. The van der Waals surface area contributed by atoms with E-state index in [1.807, 2.05) is 12.1 Å². The molecule has 5 unspecified atom stereocenters. The highest BCUT2D eigenvalue weighted by molar-refractivity contribution is 6.22. The minimum absolute atomic E-state index is 0.0728. The molecule has 1 saturated carbocycles. The number of hydrogen-bond acceptors (Lipinski definition) is 4. The molecular formula is C28H27NO4. The number of carbonyl (C=O) groups is 3. The summed E-state index contributed by atoms with van der Waals surface area (Å²) in [5.74, 6) is 1.26. The summed E-state index contributed by atoms with van der Waals surface area (Å²) in [5.41, 5.74) is 2.00. The van der Waals surface area contributed by atoms with Crippen LogP contribution in [-0.4, -0.2) is 24.7 Å². The lowest BCUT2D eigenvalue weighted by Gasteiger charge is -2.26. The van der Waals surface area contributed by atoms with Gasteiger partial charge in [0.1, 0.15) is 5.75 Å². The molecule has 5 heteroatoms. The number of allylic oxidation sites excluding steroid dienone is 3. The van der Waals surface area contributed by atoms with Gasteiger partial charge in [0.15, 0.2) is 5.78 Å². The molecule has 0 N–H and O–H groups in total. The molecule has 5 nitrogen and oxygen atoms in total. The summed E-state index contributed by atoms with van der Waals surface area (Å²) < 4.78 is 5.12. The Labute approximate surface area is 193 Å². The number of methoxy groups -OCH3 is 1. The SMILES string of the molecule is COc1ccc(C(=O)/C=C/c2ccc(N3C(=O)C4CC=CC(C5CC5C)C4C3=O)cc2)cc1. The summed E-state index contributed by atoms with van der Waals surface area (Å²) in [4.78, 5) is 40.2. The van der Waals surface area contributed by atoms with Gasteiger partial charge < -0.3 is 4.74 Å². The van der Waals surface area contributed by atoms with Gasteiger partial charge in [-0.05, 0) is 78.6 Å². The van der Waals surface area contributed by atoms with Crippen molar-refractivity contribution in [3.63, 3.8) is 0 Å². The number of ether oxygens (including phenoxy) is 1. The molecule has 2 amide bonds. The number of ketones is 1. The topological polar surface area (TPSA) is 63.7 Å². The fourth-order valence-corrected chi connectivity index (χ4v) is 5.24. The van der Waals surface area contributed by atoms with E-state index in [1.165, 1.54) is 11.0 Å². The fraction of sp³-hybridized carbons (Fsp3) is 0.321. The van der Waals surface area contributed by atoms with Crippen molar-refractivity contribution in [3.05, 3.63) is 77.9 Å². The Morgan fingerprint density at radius 2 is 1.73 bits per heavy atom. The number of benzene rings is 2. The summed E-state index contributed by atoms with van der Waals surface area (Å²) in [6, 6.07) is 14.2. The summed E-state index contributed by atoms with van der Waals surface area (Å²) in [5, 5.41) is 0. The van der Waals surface area contributed by atoms with Gasteiger partial charge in [0.2, 0.25) is 11.8 Å². The van der Waals surface area contributed by atoms with Gasteiger partial charge in [-0.1, -0.05) is 37.3 Å². The van der Waals surface area contributed by atoms with Crippen molar-refractivity contribution < 1.29 is 19.1 Å². The lowest BCUT2D eigenvalue weighted by molar-refractivity contribution is -0.122. The third-order valence-electron chi connectivity index (χ3n) is 7.26. The van der Waals surface area contributed by atoms with Gasteiger partial charge in [0, 0.05) is 5.56 Å². The predicted octanol–water partition coefficient (Wildman–Crippen LogP) is 4.93. The predicted molar refractivity (Wildman–Crippen MR) is 127 cm³/mol. The van der Waals surface area contributed by atoms with E-state index in [1.54, 1.807) is 49.6 Å². The van der Waals surface area contributed by atoms with Gasteiger partial charge in [0.25, 0.3) is 0 Å². The van der Waals surface area contributed by atoms with Gasteiger partial charge in [-0.15, -0.1) is 0 Å². The molecule has 0 bridgehead atoms. The van der Waals surface area contributed by atoms with Crippen LogP contribution >= 0.6 is 0 Å². The molecule has 1 saturated heterocycles. The smallest absolute Gasteiger partial charge is 0.238 e. The Bertz CT molecular complexity index is 1150. The molecule has 0 aromatic heterocycles. The number of anilines is 1. The average molecular weight is 442 g/mol. The van der Waals surface area contributed by atoms with Crippen LogP contribution in [-0.2, 0) is 9.59 Å². The van der Waals surface area contributed by atoms with E-state index in [9.17, 15) is 14.4 Å². The van der Waals surface area contributed by atoms with E-state index in [0.29, 0.717) is 35.3 Å². The first-order valence-electron chi connectivity index (χ1n) is 11.5. The van der Waals surface area contributed by atoms with Gasteiger partial charge in [-0.25, -0.2) is 0 Å². The van der Waals surface area contributed by atoms with Crippen molar-refractivity contribution in [2.75, 3.05) is 12.0 Å². The Kier molecular flexibility index (Phi) is 5.49. The molecule has 2 fully saturated rings. The second-order valence-corrected chi connectivity index (χ2v) is 9.28. The molecular weight excluding hydrogens is 414 g/mol. The summed E-state index contributed by atoms with van der Waals surface area (Å²) in [6.07, 6.45) is 9.27.